The van der Waals surface area contributed by atoms with Crippen LogP contribution in [0.3, 0.4) is 0 Å². The Hall–Kier alpha value is -3.08. The molecule has 0 saturated heterocycles. The van der Waals surface area contributed by atoms with Gasteiger partial charge in [0.1, 0.15) is 0 Å². The number of benzene rings is 2. The van der Waals surface area contributed by atoms with Crippen LogP contribution in [-0.4, -0.2) is 27.3 Å². The number of nitrogens with zero attached hydrogens (tertiary/aromatic N) is 3. The average Bonchev–Trinajstić information content (AvgIpc) is 3.16. The summed E-state index contributed by atoms with van der Waals surface area (Å²) in [5, 5.41) is 7.27. The van der Waals surface area contributed by atoms with Crippen molar-refractivity contribution in [1.82, 2.24) is 14.7 Å². The van der Waals surface area contributed by atoms with Gasteiger partial charge in [0.15, 0.2) is 0 Å². The Morgan fingerprint density at radius 2 is 1.79 bits per heavy atom. The van der Waals surface area contributed by atoms with Crippen molar-refractivity contribution in [3.8, 4) is 5.69 Å². The van der Waals surface area contributed by atoms with Crippen molar-refractivity contribution in [3.05, 3.63) is 78.1 Å². The zero-order valence-electron chi connectivity index (χ0n) is 13.2. The minimum absolute atomic E-state index is 0.0795. The molecule has 5 nitrogen and oxygen atoms in total. The molecule has 0 fully saturated rings. The highest BCUT2D eigenvalue weighted by Crippen LogP contribution is 2.22. The largest absolute Gasteiger partial charge is 0.322 e. The first kappa shape index (κ1) is 14.5. The van der Waals surface area contributed by atoms with E-state index in [-0.39, 0.29) is 6.03 Å². The van der Waals surface area contributed by atoms with E-state index in [4.69, 9.17) is 0 Å². The molecule has 0 aliphatic carbocycles. The molecule has 0 atom stereocenters. The number of urea groups is 1. The Balaban J connectivity index is 1.54. The molecule has 24 heavy (non-hydrogen) atoms. The van der Waals surface area contributed by atoms with Crippen LogP contribution in [0.15, 0.2) is 67.0 Å². The van der Waals surface area contributed by atoms with Gasteiger partial charge in [-0.3, -0.25) is 0 Å². The normalized spacial score (nSPS) is 13.4. The van der Waals surface area contributed by atoms with Gasteiger partial charge in [-0.1, -0.05) is 36.4 Å². The molecule has 1 N–H and O–H groups in total. The van der Waals surface area contributed by atoms with Crippen molar-refractivity contribution >= 4 is 11.7 Å². The predicted octanol–water partition coefficient (Wildman–Crippen LogP) is 3.46. The van der Waals surface area contributed by atoms with Gasteiger partial charge in [-0.2, -0.15) is 5.10 Å². The molecule has 4 rings (SSSR count). The van der Waals surface area contributed by atoms with E-state index in [1.54, 1.807) is 10.9 Å². The molecule has 5 heteroatoms. The quantitative estimate of drug-likeness (QED) is 0.786. The number of nitrogens with one attached hydrogen (secondary N) is 1. The Labute approximate surface area is 140 Å². The lowest BCUT2D eigenvalue weighted by Gasteiger charge is -2.29. The van der Waals surface area contributed by atoms with Crippen molar-refractivity contribution in [2.45, 2.75) is 13.0 Å². The van der Waals surface area contributed by atoms with Crippen LogP contribution in [0, 0.1) is 0 Å². The summed E-state index contributed by atoms with van der Waals surface area (Å²) in [6.07, 6.45) is 4.48. The van der Waals surface area contributed by atoms with Gasteiger partial charge in [0.2, 0.25) is 0 Å². The molecule has 2 heterocycles. The lowest BCUT2D eigenvalue weighted by atomic mass is 10.0. The van der Waals surface area contributed by atoms with Crippen molar-refractivity contribution in [3.63, 3.8) is 0 Å². The van der Waals surface area contributed by atoms with Gasteiger partial charge in [0, 0.05) is 25.5 Å². The molecule has 2 amide bonds. The number of para-hydroxylation sites is 2. The summed E-state index contributed by atoms with van der Waals surface area (Å²) in [7, 11) is 0. The summed E-state index contributed by atoms with van der Waals surface area (Å²) in [5.41, 5.74) is 4.16. The van der Waals surface area contributed by atoms with Crippen LogP contribution in [0.1, 0.15) is 11.1 Å². The SMILES string of the molecule is O=C(Nc1ccccc1-n1cccn1)N1CCc2ccccc2C1. The smallest absolute Gasteiger partial charge is 0.320 e. The van der Waals surface area contributed by atoms with Crippen molar-refractivity contribution < 1.29 is 4.79 Å². The highest BCUT2D eigenvalue weighted by Gasteiger charge is 2.21. The number of fused-ring (bicyclic) bond motifs is 1. The van der Waals surface area contributed by atoms with E-state index in [2.05, 4.69) is 28.6 Å². The van der Waals surface area contributed by atoms with Gasteiger partial charge in [0.05, 0.1) is 11.4 Å². The second kappa shape index (κ2) is 6.20. The Morgan fingerprint density at radius 3 is 2.62 bits per heavy atom. The third-order valence-corrected chi connectivity index (χ3v) is 4.31. The number of hydrogen-bond donors (Lipinski definition) is 1. The number of amides is 2. The molecule has 0 saturated carbocycles. The van der Waals surface area contributed by atoms with E-state index < -0.39 is 0 Å². The van der Waals surface area contributed by atoms with Gasteiger partial charge in [-0.25, -0.2) is 9.48 Å². The maximum atomic E-state index is 12.7. The highest BCUT2D eigenvalue weighted by atomic mass is 16.2. The van der Waals surface area contributed by atoms with Crippen LogP contribution in [0.25, 0.3) is 5.69 Å². The molecular formula is C19H18N4O. The van der Waals surface area contributed by atoms with Gasteiger partial charge in [-0.15, -0.1) is 0 Å². The van der Waals surface area contributed by atoms with Crippen molar-refractivity contribution in [1.29, 1.82) is 0 Å². The summed E-state index contributed by atoms with van der Waals surface area (Å²) < 4.78 is 1.75. The molecule has 1 aliphatic heterocycles. The van der Waals surface area contributed by atoms with E-state index in [1.807, 2.05) is 47.5 Å². The summed E-state index contributed by atoms with van der Waals surface area (Å²) >= 11 is 0. The second-order valence-electron chi connectivity index (χ2n) is 5.84. The van der Waals surface area contributed by atoms with Gasteiger partial charge in [0.25, 0.3) is 0 Å². The molecule has 0 spiro atoms. The zero-order chi connectivity index (χ0) is 16.4. The van der Waals surface area contributed by atoms with E-state index >= 15 is 0 Å². The molecule has 0 unspecified atom stereocenters. The van der Waals surface area contributed by atoms with Crippen LogP contribution in [0.4, 0.5) is 10.5 Å². The van der Waals surface area contributed by atoms with Crippen LogP contribution in [0.2, 0.25) is 0 Å². The van der Waals surface area contributed by atoms with E-state index in [0.29, 0.717) is 6.54 Å². The van der Waals surface area contributed by atoms with Gasteiger partial charge >= 0.3 is 6.03 Å². The number of aromatic nitrogens is 2. The summed E-state index contributed by atoms with van der Waals surface area (Å²) in [6.45, 7) is 1.37. The van der Waals surface area contributed by atoms with E-state index in [0.717, 1.165) is 24.3 Å². The average molecular weight is 318 g/mol. The van der Waals surface area contributed by atoms with E-state index in [9.17, 15) is 4.79 Å². The summed E-state index contributed by atoms with van der Waals surface area (Å²) in [4.78, 5) is 14.5. The van der Waals surface area contributed by atoms with Crippen molar-refractivity contribution in [2.24, 2.45) is 0 Å². The second-order valence-corrected chi connectivity index (χ2v) is 5.84. The van der Waals surface area contributed by atoms with Crippen molar-refractivity contribution in [2.75, 3.05) is 11.9 Å². The number of hydrogen-bond acceptors (Lipinski definition) is 2. The van der Waals surface area contributed by atoms with Crippen LogP contribution < -0.4 is 5.32 Å². The summed E-state index contributed by atoms with van der Waals surface area (Å²) in [5.74, 6) is 0. The third kappa shape index (κ3) is 2.76. The highest BCUT2D eigenvalue weighted by molar-refractivity contribution is 5.91. The Kier molecular flexibility index (Phi) is 3.75. The fourth-order valence-corrected chi connectivity index (χ4v) is 3.05. The number of rotatable bonds is 2. The first-order valence-corrected chi connectivity index (χ1v) is 8.03. The maximum absolute atomic E-state index is 12.7. The molecular weight excluding hydrogens is 300 g/mol. The fourth-order valence-electron chi connectivity index (χ4n) is 3.05. The molecule has 2 aromatic carbocycles. The molecule has 0 bridgehead atoms. The number of anilines is 1. The predicted molar refractivity (Wildman–Crippen MR) is 93.1 cm³/mol. The number of carbonyl (C=O) groups is 1. The minimum atomic E-state index is -0.0795. The molecule has 1 aliphatic rings. The fraction of sp³-hybridized carbons (Fsp3) is 0.158. The van der Waals surface area contributed by atoms with Crippen LogP contribution in [-0.2, 0) is 13.0 Å². The van der Waals surface area contributed by atoms with Gasteiger partial charge in [-0.05, 0) is 35.7 Å². The minimum Gasteiger partial charge on any atom is -0.320 e. The standard InChI is InChI=1S/C19H18N4O/c24-19(22-13-10-15-6-1-2-7-16(15)14-22)21-17-8-3-4-9-18(17)23-12-5-11-20-23/h1-9,11-12H,10,13-14H2,(H,21,24). The van der Waals surface area contributed by atoms with Crippen LogP contribution >= 0.6 is 0 Å². The maximum Gasteiger partial charge on any atom is 0.322 e. The first-order valence-electron chi connectivity index (χ1n) is 8.03. The number of carbonyl (C=O) groups excluding carboxylic acids is 1. The Bertz CT molecular complexity index is 857. The lowest BCUT2D eigenvalue weighted by molar-refractivity contribution is 0.206. The molecule has 1 aromatic heterocycles. The lowest BCUT2D eigenvalue weighted by Crippen LogP contribution is -2.39. The monoisotopic (exact) mass is 318 g/mol. The molecule has 3 aromatic rings. The molecule has 0 radical (unpaired) electrons. The summed E-state index contributed by atoms with van der Waals surface area (Å²) in [6, 6.07) is 17.8. The van der Waals surface area contributed by atoms with Gasteiger partial charge < -0.3 is 10.2 Å². The third-order valence-electron chi connectivity index (χ3n) is 4.31. The topological polar surface area (TPSA) is 50.2 Å². The molecule has 120 valence electrons. The van der Waals surface area contributed by atoms with Crippen LogP contribution in [0.5, 0.6) is 0 Å². The first-order chi connectivity index (χ1) is 11.8. The zero-order valence-corrected chi connectivity index (χ0v) is 13.2. The van der Waals surface area contributed by atoms with E-state index in [1.165, 1.54) is 11.1 Å². The Morgan fingerprint density at radius 1 is 1.00 bits per heavy atom.